The van der Waals surface area contributed by atoms with Crippen LogP contribution in [0, 0.1) is 0 Å². The summed E-state index contributed by atoms with van der Waals surface area (Å²) in [6.45, 7) is 1.62. The Morgan fingerprint density at radius 2 is 1.53 bits per heavy atom. The molecule has 4 rings (SSSR count). The van der Waals surface area contributed by atoms with Gasteiger partial charge in [0.15, 0.2) is 9.84 Å². The van der Waals surface area contributed by atoms with Crippen molar-refractivity contribution in [3.63, 3.8) is 0 Å². The second kappa shape index (κ2) is 9.03. The van der Waals surface area contributed by atoms with Crippen molar-refractivity contribution < 1.29 is 8.42 Å². The fourth-order valence-corrected chi connectivity index (χ4v) is 4.02. The van der Waals surface area contributed by atoms with Crippen LogP contribution in [0.4, 0.5) is 23.0 Å². The molecule has 0 saturated heterocycles. The summed E-state index contributed by atoms with van der Waals surface area (Å²) in [5.41, 5.74) is 3.10. The molecule has 8 nitrogen and oxygen atoms in total. The third-order valence-electron chi connectivity index (χ3n) is 4.77. The number of sulfone groups is 1. The Labute approximate surface area is 185 Å². The molecular weight excluding hydrogens is 426 g/mol. The molecule has 2 heterocycles. The summed E-state index contributed by atoms with van der Waals surface area (Å²) in [6, 6.07) is 19.3. The van der Waals surface area contributed by atoms with E-state index in [-0.39, 0.29) is 16.2 Å². The second-order valence-electron chi connectivity index (χ2n) is 6.99. The molecular formula is C23H21N5O3S. The lowest BCUT2D eigenvalue weighted by atomic mass is 10.1. The molecule has 2 aromatic heterocycles. The highest BCUT2D eigenvalue weighted by molar-refractivity contribution is 7.91. The monoisotopic (exact) mass is 447 g/mol. The SMILES string of the molecule is CCS(=O)(=O)c1cccc(Nc2cc(Nc3cccc(-c4ccc(=O)[nH]c4)c3)ncn2)c1. The first-order chi connectivity index (χ1) is 15.4. The summed E-state index contributed by atoms with van der Waals surface area (Å²) >= 11 is 0. The number of H-pyrrole nitrogens is 1. The fourth-order valence-electron chi connectivity index (χ4n) is 3.09. The molecule has 0 saturated carbocycles. The van der Waals surface area contributed by atoms with Crippen LogP contribution in [0.2, 0.25) is 0 Å². The second-order valence-corrected chi connectivity index (χ2v) is 9.27. The van der Waals surface area contributed by atoms with Crippen molar-refractivity contribution in [3.05, 3.63) is 89.6 Å². The number of benzene rings is 2. The molecule has 2 aromatic carbocycles. The minimum absolute atomic E-state index is 0.0379. The number of aromatic nitrogens is 3. The van der Waals surface area contributed by atoms with E-state index in [2.05, 4.69) is 25.6 Å². The van der Waals surface area contributed by atoms with Crippen molar-refractivity contribution in [1.29, 1.82) is 0 Å². The predicted molar refractivity (Wildman–Crippen MR) is 125 cm³/mol. The van der Waals surface area contributed by atoms with E-state index in [1.54, 1.807) is 49.5 Å². The molecule has 162 valence electrons. The number of anilines is 4. The zero-order valence-corrected chi connectivity index (χ0v) is 18.1. The summed E-state index contributed by atoms with van der Waals surface area (Å²) in [5.74, 6) is 1.12. The fraction of sp³-hybridized carbons (Fsp3) is 0.0870. The van der Waals surface area contributed by atoms with Crippen molar-refractivity contribution in [2.45, 2.75) is 11.8 Å². The average Bonchev–Trinajstić information content (AvgIpc) is 2.80. The molecule has 0 amide bonds. The number of aromatic amines is 1. The number of pyridine rings is 1. The van der Waals surface area contributed by atoms with E-state index in [4.69, 9.17) is 0 Å². The van der Waals surface area contributed by atoms with Crippen LogP contribution in [-0.4, -0.2) is 29.1 Å². The van der Waals surface area contributed by atoms with Crippen LogP contribution < -0.4 is 16.2 Å². The molecule has 3 N–H and O–H groups in total. The Balaban J connectivity index is 1.53. The lowest BCUT2D eigenvalue weighted by molar-refractivity contribution is 0.597. The van der Waals surface area contributed by atoms with Crippen LogP contribution in [0.25, 0.3) is 11.1 Å². The molecule has 0 spiro atoms. The van der Waals surface area contributed by atoms with Gasteiger partial charge in [0.1, 0.15) is 18.0 Å². The molecule has 4 aromatic rings. The molecule has 0 bridgehead atoms. The molecule has 0 aliphatic rings. The topological polar surface area (TPSA) is 117 Å². The van der Waals surface area contributed by atoms with Gasteiger partial charge in [-0.2, -0.15) is 0 Å². The van der Waals surface area contributed by atoms with E-state index in [1.165, 1.54) is 12.4 Å². The number of hydrogen-bond donors (Lipinski definition) is 3. The molecule has 0 fully saturated rings. The van der Waals surface area contributed by atoms with Crippen LogP contribution in [0.15, 0.2) is 88.9 Å². The van der Waals surface area contributed by atoms with Gasteiger partial charge >= 0.3 is 0 Å². The standard InChI is InChI=1S/C23H21N5O3S/c1-2-32(30,31)20-8-4-7-19(12-20)28-22-13-21(25-15-26-22)27-18-6-3-5-16(11-18)17-9-10-23(29)24-14-17/h3-15H,2H2,1H3,(H,24,29)(H2,25,26,27,28). The highest BCUT2D eigenvalue weighted by Crippen LogP contribution is 2.25. The van der Waals surface area contributed by atoms with Crippen molar-refractivity contribution in [2.24, 2.45) is 0 Å². The maximum Gasteiger partial charge on any atom is 0.247 e. The average molecular weight is 448 g/mol. The zero-order valence-electron chi connectivity index (χ0n) is 17.2. The van der Waals surface area contributed by atoms with Gasteiger partial charge in [0.25, 0.3) is 0 Å². The lowest BCUT2D eigenvalue weighted by Crippen LogP contribution is -2.04. The van der Waals surface area contributed by atoms with Gasteiger partial charge in [-0.15, -0.1) is 0 Å². The Morgan fingerprint density at radius 3 is 2.19 bits per heavy atom. The Hall–Kier alpha value is -3.98. The van der Waals surface area contributed by atoms with Crippen molar-refractivity contribution in [3.8, 4) is 11.1 Å². The number of nitrogens with zero attached hydrogens (tertiary/aromatic N) is 2. The van der Waals surface area contributed by atoms with Crippen LogP contribution >= 0.6 is 0 Å². The summed E-state index contributed by atoms with van der Waals surface area (Å²) in [7, 11) is -3.30. The summed E-state index contributed by atoms with van der Waals surface area (Å²) < 4.78 is 24.3. The van der Waals surface area contributed by atoms with Gasteiger partial charge in [-0.1, -0.05) is 25.1 Å². The molecule has 0 aliphatic heterocycles. The summed E-state index contributed by atoms with van der Waals surface area (Å²) in [4.78, 5) is 22.7. The van der Waals surface area contributed by atoms with E-state index in [1.807, 2.05) is 24.3 Å². The lowest BCUT2D eigenvalue weighted by Gasteiger charge is -2.11. The van der Waals surface area contributed by atoms with E-state index in [0.29, 0.717) is 17.3 Å². The third-order valence-corrected chi connectivity index (χ3v) is 6.50. The smallest absolute Gasteiger partial charge is 0.247 e. The van der Waals surface area contributed by atoms with E-state index >= 15 is 0 Å². The van der Waals surface area contributed by atoms with Gasteiger partial charge in [-0.3, -0.25) is 4.79 Å². The molecule has 0 atom stereocenters. The number of hydrogen-bond acceptors (Lipinski definition) is 7. The largest absolute Gasteiger partial charge is 0.340 e. The number of nitrogens with one attached hydrogen (secondary N) is 3. The van der Waals surface area contributed by atoms with Crippen molar-refractivity contribution in [2.75, 3.05) is 16.4 Å². The van der Waals surface area contributed by atoms with E-state index in [9.17, 15) is 13.2 Å². The van der Waals surface area contributed by atoms with Gasteiger partial charge in [0.2, 0.25) is 5.56 Å². The molecule has 0 aliphatic carbocycles. The predicted octanol–water partition coefficient (Wildman–Crippen LogP) is 4.11. The van der Waals surface area contributed by atoms with Gasteiger partial charge in [0, 0.05) is 29.7 Å². The maximum atomic E-state index is 12.1. The van der Waals surface area contributed by atoms with Crippen LogP contribution in [0.1, 0.15) is 6.92 Å². The van der Waals surface area contributed by atoms with Crippen molar-refractivity contribution >= 4 is 32.8 Å². The Morgan fingerprint density at radius 1 is 0.844 bits per heavy atom. The summed E-state index contributed by atoms with van der Waals surface area (Å²) in [5, 5.41) is 6.36. The normalized spacial score (nSPS) is 11.2. The molecule has 0 radical (unpaired) electrons. The van der Waals surface area contributed by atoms with E-state index in [0.717, 1.165) is 16.8 Å². The third kappa shape index (κ3) is 5.01. The first-order valence-electron chi connectivity index (χ1n) is 9.91. The van der Waals surface area contributed by atoms with Crippen LogP contribution in [-0.2, 0) is 9.84 Å². The Kier molecular flexibility index (Phi) is 6.00. The van der Waals surface area contributed by atoms with Gasteiger partial charge < -0.3 is 15.6 Å². The first kappa shape index (κ1) is 21.3. The number of rotatable bonds is 7. The zero-order chi connectivity index (χ0) is 22.6. The van der Waals surface area contributed by atoms with Crippen molar-refractivity contribution in [1.82, 2.24) is 15.0 Å². The minimum atomic E-state index is -3.30. The molecule has 9 heteroatoms. The first-order valence-corrected chi connectivity index (χ1v) is 11.6. The molecule has 0 unspecified atom stereocenters. The minimum Gasteiger partial charge on any atom is -0.340 e. The van der Waals surface area contributed by atoms with Gasteiger partial charge in [-0.05, 0) is 47.5 Å². The summed E-state index contributed by atoms with van der Waals surface area (Å²) in [6.07, 6.45) is 3.09. The highest BCUT2D eigenvalue weighted by Gasteiger charge is 2.12. The highest BCUT2D eigenvalue weighted by atomic mass is 32.2. The van der Waals surface area contributed by atoms with Crippen LogP contribution in [0.3, 0.4) is 0 Å². The quantitative estimate of drug-likeness (QED) is 0.390. The van der Waals surface area contributed by atoms with Gasteiger partial charge in [0.05, 0.1) is 10.6 Å². The van der Waals surface area contributed by atoms with E-state index < -0.39 is 9.84 Å². The molecule has 32 heavy (non-hydrogen) atoms. The van der Waals surface area contributed by atoms with Gasteiger partial charge in [-0.25, -0.2) is 18.4 Å². The maximum absolute atomic E-state index is 12.1. The van der Waals surface area contributed by atoms with Crippen LogP contribution in [0.5, 0.6) is 0 Å². The Bertz CT molecular complexity index is 1400.